The number of nitriles is 2. The van der Waals surface area contributed by atoms with E-state index in [9.17, 15) is 0 Å². The predicted octanol–water partition coefficient (Wildman–Crippen LogP) is 1.74. The molecule has 0 aromatic heterocycles. The van der Waals surface area contributed by atoms with Crippen LogP contribution in [0.4, 0.5) is 5.69 Å². The van der Waals surface area contributed by atoms with Crippen LogP contribution in [0.25, 0.3) is 0 Å². The smallest absolute Gasteiger partial charge is 0.101 e. The molecule has 1 rings (SSSR count). The van der Waals surface area contributed by atoms with Crippen molar-refractivity contribution in [3.8, 4) is 12.1 Å². The Balaban J connectivity index is 3.35. The van der Waals surface area contributed by atoms with Gasteiger partial charge in [0.05, 0.1) is 16.8 Å². The fourth-order valence-corrected chi connectivity index (χ4v) is 1.18. The van der Waals surface area contributed by atoms with E-state index < -0.39 is 0 Å². The van der Waals surface area contributed by atoms with Crippen LogP contribution >= 0.6 is 0 Å². The average molecular weight is 183 g/mol. The van der Waals surface area contributed by atoms with Gasteiger partial charge in [0, 0.05) is 0 Å². The van der Waals surface area contributed by atoms with Crippen molar-refractivity contribution in [2.75, 3.05) is 5.73 Å². The van der Waals surface area contributed by atoms with Crippen LogP contribution in [-0.4, -0.2) is 0 Å². The molecule has 0 heterocycles. The number of hydrogen-bond acceptors (Lipinski definition) is 3. The van der Waals surface area contributed by atoms with E-state index in [-0.39, 0.29) is 5.69 Å². The van der Waals surface area contributed by atoms with Gasteiger partial charge >= 0.3 is 0 Å². The van der Waals surface area contributed by atoms with Gasteiger partial charge in [-0.15, -0.1) is 6.58 Å². The van der Waals surface area contributed by atoms with Crippen LogP contribution < -0.4 is 5.73 Å². The summed E-state index contributed by atoms with van der Waals surface area (Å²) in [5.41, 5.74) is 7.42. The van der Waals surface area contributed by atoms with Crippen LogP contribution in [0.3, 0.4) is 0 Å². The van der Waals surface area contributed by atoms with Gasteiger partial charge in [-0.2, -0.15) is 10.5 Å². The van der Waals surface area contributed by atoms with Crippen LogP contribution in [0.5, 0.6) is 0 Å². The number of rotatable bonds is 2. The maximum absolute atomic E-state index is 8.77. The molecule has 0 amide bonds. The van der Waals surface area contributed by atoms with Gasteiger partial charge in [-0.1, -0.05) is 6.08 Å². The third-order valence-corrected chi connectivity index (χ3v) is 1.86. The molecule has 0 radical (unpaired) electrons. The Kier molecular flexibility index (Phi) is 2.89. The van der Waals surface area contributed by atoms with E-state index in [4.69, 9.17) is 16.3 Å². The maximum atomic E-state index is 8.77. The molecule has 2 N–H and O–H groups in total. The fourth-order valence-electron chi connectivity index (χ4n) is 1.18. The molecule has 1 aromatic carbocycles. The quantitative estimate of drug-likeness (QED) is 0.560. The third-order valence-electron chi connectivity index (χ3n) is 1.86. The maximum Gasteiger partial charge on any atom is 0.101 e. The van der Waals surface area contributed by atoms with Crippen molar-refractivity contribution >= 4 is 5.69 Å². The van der Waals surface area contributed by atoms with Gasteiger partial charge in [-0.05, 0) is 24.1 Å². The number of allylic oxidation sites excluding steroid dienone is 1. The second kappa shape index (κ2) is 4.11. The van der Waals surface area contributed by atoms with Crippen LogP contribution in [0.15, 0.2) is 24.8 Å². The zero-order valence-electron chi connectivity index (χ0n) is 7.62. The van der Waals surface area contributed by atoms with E-state index >= 15 is 0 Å². The lowest BCUT2D eigenvalue weighted by Gasteiger charge is -2.03. The van der Waals surface area contributed by atoms with E-state index in [2.05, 4.69) is 6.58 Å². The van der Waals surface area contributed by atoms with Crippen LogP contribution in [0.1, 0.15) is 16.7 Å². The summed E-state index contributed by atoms with van der Waals surface area (Å²) < 4.78 is 0. The van der Waals surface area contributed by atoms with Crippen molar-refractivity contribution in [2.45, 2.75) is 6.42 Å². The minimum absolute atomic E-state index is 0.253. The molecular formula is C11H9N3. The van der Waals surface area contributed by atoms with Crippen LogP contribution in [-0.2, 0) is 6.42 Å². The summed E-state index contributed by atoms with van der Waals surface area (Å²) in [6.07, 6.45) is 2.34. The van der Waals surface area contributed by atoms with Crippen molar-refractivity contribution in [3.05, 3.63) is 41.5 Å². The van der Waals surface area contributed by atoms with Crippen LogP contribution in [0, 0.1) is 22.7 Å². The molecule has 3 heteroatoms. The molecule has 0 aliphatic heterocycles. The summed E-state index contributed by atoms with van der Waals surface area (Å²) in [6.45, 7) is 3.59. The second-order valence-corrected chi connectivity index (χ2v) is 2.82. The number of hydrogen-bond donors (Lipinski definition) is 1. The summed E-state index contributed by atoms with van der Waals surface area (Å²) in [6, 6.07) is 7.27. The number of nitrogen functional groups attached to an aromatic ring is 1. The molecular weight excluding hydrogens is 174 g/mol. The molecule has 0 saturated carbocycles. The SMILES string of the molecule is C=CCc1cc(C#N)c(N)c(C#N)c1. The zero-order chi connectivity index (χ0) is 10.6. The minimum atomic E-state index is 0.253. The van der Waals surface area contributed by atoms with Gasteiger partial charge < -0.3 is 5.73 Å². The minimum Gasteiger partial charge on any atom is -0.397 e. The van der Waals surface area contributed by atoms with Gasteiger partial charge in [0.25, 0.3) is 0 Å². The predicted molar refractivity (Wildman–Crippen MR) is 54.2 cm³/mol. The first kappa shape index (κ1) is 9.83. The Bertz CT molecular complexity index is 412. The normalized spacial score (nSPS) is 8.71. The Morgan fingerprint density at radius 3 is 2.14 bits per heavy atom. The van der Waals surface area contributed by atoms with E-state index in [0.29, 0.717) is 17.5 Å². The average Bonchev–Trinajstić information content (AvgIpc) is 2.20. The number of benzene rings is 1. The summed E-state index contributed by atoms with van der Waals surface area (Å²) in [4.78, 5) is 0. The summed E-state index contributed by atoms with van der Waals surface area (Å²) in [7, 11) is 0. The summed E-state index contributed by atoms with van der Waals surface area (Å²) in [5, 5.41) is 17.5. The van der Waals surface area contributed by atoms with Crippen molar-refractivity contribution in [2.24, 2.45) is 0 Å². The van der Waals surface area contributed by atoms with E-state index in [1.807, 2.05) is 12.1 Å². The molecule has 68 valence electrons. The lowest BCUT2D eigenvalue weighted by atomic mass is 10.0. The van der Waals surface area contributed by atoms with Gasteiger partial charge in [0.1, 0.15) is 12.1 Å². The van der Waals surface area contributed by atoms with Gasteiger partial charge in [0.2, 0.25) is 0 Å². The van der Waals surface area contributed by atoms with Crippen molar-refractivity contribution in [1.29, 1.82) is 10.5 Å². The Labute approximate surface area is 82.7 Å². The zero-order valence-corrected chi connectivity index (χ0v) is 7.62. The summed E-state index contributed by atoms with van der Waals surface area (Å²) >= 11 is 0. The number of nitrogens with zero attached hydrogens (tertiary/aromatic N) is 2. The largest absolute Gasteiger partial charge is 0.397 e. The topological polar surface area (TPSA) is 73.6 Å². The molecule has 0 unspecified atom stereocenters. The molecule has 0 atom stereocenters. The molecule has 0 bridgehead atoms. The van der Waals surface area contributed by atoms with Gasteiger partial charge in [-0.3, -0.25) is 0 Å². The summed E-state index contributed by atoms with van der Waals surface area (Å²) in [5.74, 6) is 0. The Hall–Kier alpha value is -2.26. The first-order valence-electron chi connectivity index (χ1n) is 4.06. The number of nitrogens with two attached hydrogens (primary N) is 1. The highest BCUT2D eigenvalue weighted by Gasteiger charge is 2.06. The first-order valence-corrected chi connectivity index (χ1v) is 4.06. The van der Waals surface area contributed by atoms with Crippen molar-refractivity contribution in [1.82, 2.24) is 0 Å². The molecule has 14 heavy (non-hydrogen) atoms. The van der Waals surface area contributed by atoms with E-state index in [1.165, 1.54) is 0 Å². The molecule has 0 saturated heterocycles. The third kappa shape index (κ3) is 1.73. The molecule has 0 aliphatic carbocycles. The van der Waals surface area contributed by atoms with E-state index in [1.54, 1.807) is 18.2 Å². The van der Waals surface area contributed by atoms with Crippen molar-refractivity contribution < 1.29 is 0 Å². The lowest BCUT2D eigenvalue weighted by molar-refractivity contribution is 1.26. The molecule has 1 aromatic rings. The van der Waals surface area contributed by atoms with Crippen molar-refractivity contribution in [3.63, 3.8) is 0 Å². The monoisotopic (exact) mass is 183 g/mol. The molecule has 0 fully saturated rings. The van der Waals surface area contributed by atoms with Gasteiger partial charge in [0.15, 0.2) is 0 Å². The molecule has 3 nitrogen and oxygen atoms in total. The molecule has 0 spiro atoms. The Morgan fingerprint density at radius 2 is 1.79 bits per heavy atom. The fraction of sp³-hybridized carbons (Fsp3) is 0.0909. The standard InChI is InChI=1S/C11H9N3/c1-2-3-8-4-9(6-12)11(14)10(5-8)7-13/h2,4-5H,1,3,14H2. The van der Waals surface area contributed by atoms with Crippen LogP contribution in [0.2, 0.25) is 0 Å². The molecule has 0 aliphatic rings. The first-order chi connectivity index (χ1) is 6.72. The highest BCUT2D eigenvalue weighted by Crippen LogP contribution is 2.19. The number of anilines is 1. The second-order valence-electron chi connectivity index (χ2n) is 2.82. The Morgan fingerprint density at radius 1 is 1.29 bits per heavy atom. The van der Waals surface area contributed by atoms with Gasteiger partial charge in [-0.25, -0.2) is 0 Å². The lowest BCUT2D eigenvalue weighted by Crippen LogP contribution is -1.97. The highest BCUT2D eigenvalue weighted by molar-refractivity contribution is 5.65. The van der Waals surface area contributed by atoms with E-state index in [0.717, 1.165) is 5.56 Å². The highest BCUT2D eigenvalue weighted by atomic mass is 14.6.